The Hall–Kier alpha value is -1.22. The molecule has 1 saturated heterocycles. The Balaban J connectivity index is 1.84. The summed E-state index contributed by atoms with van der Waals surface area (Å²) < 4.78 is 10.5. The first-order valence-electron chi connectivity index (χ1n) is 6.29. The van der Waals surface area contributed by atoms with Gasteiger partial charge in [-0.1, -0.05) is 11.6 Å². The van der Waals surface area contributed by atoms with Crippen LogP contribution in [0, 0.1) is 0 Å². The molecular weight excluding hydrogens is 286 g/mol. The Labute approximate surface area is 121 Å². The van der Waals surface area contributed by atoms with Gasteiger partial charge in [0.1, 0.15) is 6.10 Å². The van der Waals surface area contributed by atoms with Gasteiger partial charge in [-0.15, -0.1) is 10.2 Å². The van der Waals surface area contributed by atoms with Gasteiger partial charge >= 0.3 is 0 Å². The lowest BCUT2D eigenvalue weighted by atomic mass is 10.3. The summed E-state index contributed by atoms with van der Waals surface area (Å²) in [6, 6.07) is 0. The molecule has 0 aliphatic carbocycles. The normalized spacial score (nSPS) is 20.4. The number of halogens is 1. The van der Waals surface area contributed by atoms with E-state index in [-0.39, 0.29) is 30.3 Å². The first-order chi connectivity index (χ1) is 9.60. The molecule has 1 unspecified atom stereocenters. The highest BCUT2D eigenvalue weighted by atomic mass is 35.5. The van der Waals surface area contributed by atoms with Crippen LogP contribution < -0.4 is 10.6 Å². The minimum atomic E-state index is -0.613. The number of aliphatic hydroxyl groups excluding tert-OH is 1. The zero-order chi connectivity index (χ0) is 14.5. The van der Waals surface area contributed by atoms with E-state index in [4.69, 9.17) is 26.8 Å². The summed E-state index contributed by atoms with van der Waals surface area (Å²) in [5, 5.41) is 17.3. The van der Waals surface area contributed by atoms with Crippen molar-refractivity contribution >= 4 is 23.4 Å². The molecule has 2 heterocycles. The molecule has 2 atom stereocenters. The van der Waals surface area contributed by atoms with Gasteiger partial charge in [0.05, 0.1) is 19.3 Å². The number of anilines is 2. The summed E-state index contributed by atoms with van der Waals surface area (Å²) in [6.45, 7) is 1.88. The highest BCUT2D eigenvalue weighted by molar-refractivity contribution is 6.31. The van der Waals surface area contributed by atoms with E-state index >= 15 is 0 Å². The number of nitrogens with zero attached hydrogens (tertiary/aromatic N) is 4. The van der Waals surface area contributed by atoms with Crippen molar-refractivity contribution in [1.29, 1.82) is 0 Å². The molecule has 8 nitrogen and oxygen atoms in total. The summed E-state index contributed by atoms with van der Waals surface area (Å²) >= 11 is 5.69. The molecule has 1 aliphatic rings. The second-order valence-electron chi connectivity index (χ2n) is 4.59. The largest absolute Gasteiger partial charge is 0.388 e. The maximum atomic E-state index is 9.53. The molecule has 9 heteroatoms. The molecule has 0 aromatic carbocycles. The van der Waals surface area contributed by atoms with Crippen molar-refractivity contribution in [3.8, 4) is 0 Å². The van der Waals surface area contributed by atoms with Crippen LogP contribution in [0.2, 0.25) is 5.15 Å². The lowest BCUT2D eigenvalue weighted by Crippen LogP contribution is -2.28. The van der Waals surface area contributed by atoms with E-state index in [0.717, 1.165) is 13.0 Å². The molecule has 2 rings (SSSR count). The summed E-state index contributed by atoms with van der Waals surface area (Å²) in [5.41, 5.74) is 5.60. The van der Waals surface area contributed by atoms with Gasteiger partial charge in [-0.25, -0.2) is 0 Å². The summed E-state index contributed by atoms with van der Waals surface area (Å²) in [4.78, 5) is 6.01. The Morgan fingerprint density at radius 2 is 2.30 bits per heavy atom. The molecule has 0 radical (unpaired) electrons. The van der Waals surface area contributed by atoms with Gasteiger partial charge in [0, 0.05) is 20.2 Å². The standard InChI is InChI=1S/C11H18ClN5O3/c1-19-5-7(18)6-20-8-2-3-17(4-8)11-14-10(13)9(12)15-16-11/h7-8,18H,2-6H2,1H3,(H2,13,14,16)/t7?,8-/m0/s1. The zero-order valence-electron chi connectivity index (χ0n) is 11.2. The monoisotopic (exact) mass is 303 g/mol. The Bertz CT molecular complexity index is 450. The molecule has 1 fully saturated rings. The van der Waals surface area contributed by atoms with Crippen LogP contribution >= 0.6 is 11.6 Å². The van der Waals surface area contributed by atoms with Gasteiger partial charge in [-0.05, 0) is 6.42 Å². The Kier molecular flexibility index (Phi) is 5.30. The quantitative estimate of drug-likeness (QED) is 0.738. The van der Waals surface area contributed by atoms with Crippen LogP contribution in [0.5, 0.6) is 0 Å². The highest BCUT2D eigenvalue weighted by Crippen LogP contribution is 2.20. The number of rotatable bonds is 6. The van der Waals surface area contributed by atoms with E-state index in [9.17, 15) is 5.11 Å². The first kappa shape index (κ1) is 15.2. The van der Waals surface area contributed by atoms with Gasteiger partial charge in [0.15, 0.2) is 11.0 Å². The van der Waals surface area contributed by atoms with Crippen LogP contribution in [-0.2, 0) is 9.47 Å². The second-order valence-corrected chi connectivity index (χ2v) is 4.95. The number of methoxy groups -OCH3 is 1. The molecule has 20 heavy (non-hydrogen) atoms. The molecule has 1 aromatic rings. The fraction of sp³-hybridized carbons (Fsp3) is 0.727. The van der Waals surface area contributed by atoms with Gasteiger partial charge < -0.3 is 25.2 Å². The second kappa shape index (κ2) is 6.98. The lowest BCUT2D eigenvalue weighted by Gasteiger charge is -2.17. The number of nitrogens with two attached hydrogens (primary N) is 1. The van der Waals surface area contributed by atoms with Crippen LogP contribution in [-0.4, -0.2) is 65.9 Å². The zero-order valence-corrected chi connectivity index (χ0v) is 12.0. The van der Waals surface area contributed by atoms with E-state index < -0.39 is 6.10 Å². The van der Waals surface area contributed by atoms with E-state index in [1.165, 1.54) is 7.11 Å². The summed E-state index contributed by atoms with van der Waals surface area (Å²) in [6.07, 6.45) is 0.228. The minimum absolute atomic E-state index is 0.0157. The number of ether oxygens (including phenoxy) is 2. The molecule has 0 bridgehead atoms. The highest BCUT2D eigenvalue weighted by Gasteiger charge is 2.26. The van der Waals surface area contributed by atoms with E-state index in [2.05, 4.69) is 15.2 Å². The third-order valence-corrected chi connectivity index (χ3v) is 3.24. The molecule has 1 aromatic heterocycles. The summed E-state index contributed by atoms with van der Waals surface area (Å²) in [5.74, 6) is 0.604. The van der Waals surface area contributed by atoms with Gasteiger partial charge in [0.25, 0.3) is 0 Å². The van der Waals surface area contributed by atoms with Crippen LogP contribution in [0.25, 0.3) is 0 Å². The van der Waals surface area contributed by atoms with Gasteiger partial charge in [-0.2, -0.15) is 4.98 Å². The van der Waals surface area contributed by atoms with Crippen LogP contribution in [0.3, 0.4) is 0 Å². The fourth-order valence-electron chi connectivity index (χ4n) is 1.98. The maximum absolute atomic E-state index is 9.53. The van der Waals surface area contributed by atoms with Gasteiger partial charge in [-0.3, -0.25) is 0 Å². The minimum Gasteiger partial charge on any atom is -0.388 e. The predicted molar refractivity (Wildman–Crippen MR) is 73.7 cm³/mol. The molecule has 0 spiro atoms. The Morgan fingerprint density at radius 1 is 1.50 bits per heavy atom. The van der Waals surface area contributed by atoms with Crippen molar-refractivity contribution in [3.05, 3.63) is 5.15 Å². The van der Waals surface area contributed by atoms with E-state index in [1.807, 2.05) is 4.90 Å². The van der Waals surface area contributed by atoms with Crippen molar-refractivity contribution in [2.45, 2.75) is 18.6 Å². The predicted octanol–water partition coefficient (Wildman–Crippen LogP) is -0.290. The van der Waals surface area contributed by atoms with Crippen LogP contribution in [0.15, 0.2) is 0 Å². The number of aliphatic hydroxyl groups is 1. The van der Waals surface area contributed by atoms with Crippen LogP contribution in [0.1, 0.15) is 6.42 Å². The topological polar surface area (TPSA) is 107 Å². The molecule has 1 aliphatic heterocycles. The molecule has 0 amide bonds. The first-order valence-corrected chi connectivity index (χ1v) is 6.67. The van der Waals surface area contributed by atoms with Crippen molar-refractivity contribution in [1.82, 2.24) is 15.2 Å². The average Bonchev–Trinajstić information content (AvgIpc) is 2.89. The number of hydrogen-bond donors (Lipinski definition) is 2. The number of nitrogen functional groups attached to an aromatic ring is 1. The molecule has 0 saturated carbocycles. The van der Waals surface area contributed by atoms with Crippen molar-refractivity contribution in [3.63, 3.8) is 0 Å². The third kappa shape index (κ3) is 3.89. The number of hydrogen-bond acceptors (Lipinski definition) is 8. The fourth-order valence-corrected chi connectivity index (χ4v) is 2.06. The average molecular weight is 304 g/mol. The molecule has 3 N–H and O–H groups in total. The molecule has 112 valence electrons. The number of aromatic nitrogens is 3. The van der Waals surface area contributed by atoms with Crippen molar-refractivity contribution in [2.24, 2.45) is 0 Å². The SMILES string of the molecule is COCC(O)CO[C@H]1CCN(c2nnc(Cl)c(N)n2)C1. The van der Waals surface area contributed by atoms with E-state index in [1.54, 1.807) is 0 Å². The van der Waals surface area contributed by atoms with Crippen molar-refractivity contribution < 1.29 is 14.6 Å². The molecular formula is C11H18ClN5O3. The van der Waals surface area contributed by atoms with Crippen molar-refractivity contribution in [2.75, 3.05) is 44.0 Å². The maximum Gasteiger partial charge on any atom is 0.247 e. The van der Waals surface area contributed by atoms with Crippen LogP contribution in [0.4, 0.5) is 11.8 Å². The third-order valence-electron chi connectivity index (χ3n) is 2.97. The Morgan fingerprint density at radius 3 is 3.00 bits per heavy atom. The summed E-state index contributed by atoms with van der Waals surface area (Å²) in [7, 11) is 1.54. The van der Waals surface area contributed by atoms with E-state index in [0.29, 0.717) is 12.5 Å². The van der Waals surface area contributed by atoms with Gasteiger partial charge in [0.2, 0.25) is 5.95 Å². The lowest BCUT2D eigenvalue weighted by molar-refractivity contribution is -0.0298. The smallest absolute Gasteiger partial charge is 0.247 e.